The Morgan fingerprint density at radius 3 is 2.61 bits per heavy atom. The zero-order chi connectivity index (χ0) is 16.7. The molecule has 0 spiro atoms. The van der Waals surface area contributed by atoms with Crippen LogP contribution in [0.5, 0.6) is 5.75 Å². The van der Waals surface area contributed by atoms with Crippen molar-refractivity contribution in [2.75, 3.05) is 19.9 Å². The SMILES string of the molecule is COc1ccc(SCCC(=O)N(C)Cc2cccc(Cl)c2)cc1. The highest BCUT2D eigenvalue weighted by Gasteiger charge is 2.09. The zero-order valence-electron chi connectivity index (χ0n) is 13.3. The minimum absolute atomic E-state index is 0.131. The van der Waals surface area contributed by atoms with Crippen molar-refractivity contribution in [3.05, 3.63) is 59.1 Å². The number of rotatable bonds is 7. The fourth-order valence-electron chi connectivity index (χ4n) is 2.12. The monoisotopic (exact) mass is 349 g/mol. The van der Waals surface area contributed by atoms with Gasteiger partial charge in [0.25, 0.3) is 0 Å². The molecule has 2 aromatic carbocycles. The molecule has 0 saturated heterocycles. The van der Waals surface area contributed by atoms with Gasteiger partial charge in [-0.15, -0.1) is 11.8 Å². The molecule has 2 aromatic rings. The van der Waals surface area contributed by atoms with Crippen molar-refractivity contribution in [2.45, 2.75) is 17.9 Å². The minimum atomic E-state index is 0.131. The van der Waals surface area contributed by atoms with Crippen molar-refractivity contribution in [3.63, 3.8) is 0 Å². The molecule has 0 aliphatic heterocycles. The molecule has 122 valence electrons. The van der Waals surface area contributed by atoms with Crippen molar-refractivity contribution >= 4 is 29.3 Å². The van der Waals surface area contributed by atoms with Gasteiger partial charge in [0.2, 0.25) is 5.91 Å². The Hall–Kier alpha value is -1.65. The summed E-state index contributed by atoms with van der Waals surface area (Å²) in [6.45, 7) is 0.576. The number of hydrogen-bond acceptors (Lipinski definition) is 3. The molecule has 0 aliphatic rings. The van der Waals surface area contributed by atoms with E-state index in [4.69, 9.17) is 16.3 Å². The quantitative estimate of drug-likeness (QED) is 0.690. The van der Waals surface area contributed by atoms with Crippen molar-refractivity contribution in [1.82, 2.24) is 4.90 Å². The summed E-state index contributed by atoms with van der Waals surface area (Å²) in [4.78, 5) is 15.1. The van der Waals surface area contributed by atoms with Gasteiger partial charge in [0.15, 0.2) is 0 Å². The highest BCUT2D eigenvalue weighted by Crippen LogP contribution is 2.22. The molecule has 0 bridgehead atoms. The van der Waals surface area contributed by atoms with E-state index in [1.54, 1.807) is 23.8 Å². The second-order valence-corrected chi connectivity index (χ2v) is 6.76. The fourth-order valence-corrected chi connectivity index (χ4v) is 3.17. The summed E-state index contributed by atoms with van der Waals surface area (Å²) in [5.74, 6) is 1.73. The van der Waals surface area contributed by atoms with Crippen LogP contribution in [0.25, 0.3) is 0 Å². The van der Waals surface area contributed by atoms with Gasteiger partial charge in [-0.3, -0.25) is 4.79 Å². The van der Waals surface area contributed by atoms with Crippen LogP contribution >= 0.6 is 23.4 Å². The van der Waals surface area contributed by atoms with Crippen molar-refractivity contribution in [2.24, 2.45) is 0 Å². The van der Waals surface area contributed by atoms with Crippen molar-refractivity contribution < 1.29 is 9.53 Å². The zero-order valence-corrected chi connectivity index (χ0v) is 14.9. The van der Waals surface area contributed by atoms with Gasteiger partial charge in [-0.1, -0.05) is 23.7 Å². The molecule has 0 atom stereocenters. The average Bonchev–Trinajstić information content (AvgIpc) is 2.55. The molecule has 0 unspecified atom stereocenters. The summed E-state index contributed by atoms with van der Waals surface area (Å²) in [6.07, 6.45) is 0.508. The van der Waals surface area contributed by atoms with E-state index in [9.17, 15) is 4.79 Å². The maximum absolute atomic E-state index is 12.2. The lowest BCUT2D eigenvalue weighted by Crippen LogP contribution is -2.26. The minimum Gasteiger partial charge on any atom is -0.497 e. The van der Waals surface area contributed by atoms with E-state index >= 15 is 0 Å². The highest BCUT2D eigenvalue weighted by atomic mass is 35.5. The van der Waals surface area contributed by atoms with Crippen LogP contribution in [0.1, 0.15) is 12.0 Å². The molecule has 5 heteroatoms. The van der Waals surface area contributed by atoms with Gasteiger partial charge in [0.1, 0.15) is 5.75 Å². The molecule has 3 nitrogen and oxygen atoms in total. The van der Waals surface area contributed by atoms with Crippen LogP contribution in [0.15, 0.2) is 53.4 Å². The van der Waals surface area contributed by atoms with E-state index in [0.717, 1.165) is 22.0 Å². The van der Waals surface area contributed by atoms with Gasteiger partial charge in [0, 0.05) is 35.7 Å². The number of hydrogen-bond donors (Lipinski definition) is 0. The number of benzene rings is 2. The third-order valence-electron chi connectivity index (χ3n) is 3.38. The molecule has 0 radical (unpaired) electrons. The number of carbonyl (C=O) groups is 1. The van der Waals surface area contributed by atoms with Gasteiger partial charge < -0.3 is 9.64 Å². The molecule has 1 amide bonds. The number of ether oxygens (including phenoxy) is 1. The maximum atomic E-state index is 12.2. The largest absolute Gasteiger partial charge is 0.497 e. The molecule has 23 heavy (non-hydrogen) atoms. The van der Waals surface area contributed by atoms with E-state index in [1.165, 1.54) is 0 Å². The molecule has 0 aromatic heterocycles. The highest BCUT2D eigenvalue weighted by molar-refractivity contribution is 7.99. The van der Waals surface area contributed by atoms with E-state index in [2.05, 4.69) is 0 Å². The molecular formula is C18H20ClNO2S. The van der Waals surface area contributed by atoms with E-state index < -0.39 is 0 Å². The topological polar surface area (TPSA) is 29.5 Å². The van der Waals surface area contributed by atoms with Crippen LogP contribution in [0.2, 0.25) is 5.02 Å². The lowest BCUT2D eigenvalue weighted by molar-refractivity contribution is -0.129. The first-order valence-electron chi connectivity index (χ1n) is 7.34. The molecular weight excluding hydrogens is 330 g/mol. The first-order valence-corrected chi connectivity index (χ1v) is 8.70. The van der Waals surface area contributed by atoms with E-state index in [-0.39, 0.29) is 5.91 Å². The van der Waals surface area contributed by atoms with Crippen LogP contribution in [-0.2, 0) is 11.3 Å². The van der Waals surface area contributed by atoms with Gasteiger partial charge in [-0.25, -0.2) is 0 Å². The van der Waals surface area contributed by atoms with Gasteiger partial charge in [-0.05, 0) is 42.0 Å². The second-order valence-electron chi connectivity index (χ2n) is 5.15. The summed E-state index contributed by atoms with van der Waals surface area (Å²) >= 11 is 7.64. The Morgan fingerprint density at radius 1 is 1.22 bits per heavy atom. The fraction of sp³-hybridized carbons (Fsp3) is 0.278. The molecule has 2 rings (SSSR count). The van der Waals surface area contributed by atoms with Crippen molar-refractivity contribution in [1.29, 1.82) is 0 Å². The number of thioether (sulfide) groups is 1. The molecule has 0 saturated carbocycles. The van der Waals surface area contributed by atoms with E-state index in [0.29, 0.717) is 18.0 Å². The van der Waals surface area contributed by atoms with Crippen LogP contribution in [-0.4, -0.2) is 30.7 Å². The Bertz CT molecular complexity index is 646. The van der Waals surface area contributed by atoms with Crippen molar-refractivity contribution in [3.8, 4) is 5.75 Å². The summed E-state index contributed by atoms with van der Waals surface area (Å²) in [5.41, 5.74) is 1.04. The normalized spacial score (nSPS) is 10.4. The Labute approximate surface area is 146 Å². The lowest BCUT2D eigenvalue weighted by atomic mass is 10.2. The summed E-state index contributed by atoms with van der Waals surface area (Å²) in [6, 6.07) is 15.4. The smallest absolute Gasteiger partial charge is 0.223 e. The first-order chi connectivity index (χ1) is 11.1. The van der Waals surface area contributed by atoms with Gasteiger partial charge in [0.05, 0.1) is 7.11 Å². The Morgan fingerprint density at radius 2 is 1.96 bits per heavy atom. The van der Waals surface area contributed by atoms with Crippen LogP contribution in [0.4, 0.5) is 0 Å². The second kappa shape index (κ2) is 8.85. The standard InChI is InChI=1S/C18H20ClNO2S/c1-20(13-14-4-3-5-15(19)12-14)18(21)10-11-23-17-8-6-16(22-2)7-9-17/h3-9,12H,10-11,13H2,1-2H3. The number of carbonyl (C=O) groups excluding carboxylic acids is 1. The number of amides is 1. The molecule has 0 heterocycles. The predicted molar refractivity (Wildman–Crippen MR) is 96.3 cm³/mol. The molecule has 0 aliphatic carbocycles. The summed E-state index contributed by atoms with van der Waals surface area (Å²) in [7, 11) is 3.47. The maximum Gasteiger partial charge on any atom is 0.223 e. The predicted octanol–water partition coefficient (Wildman–Crippen LogP) is 4.49. The molecule has 0 fully saturated rings. The van der Waals surface area contributed by atoms with Gasteiger partial charge >= 0.3 is 0 Å². The number of methoxy groups -OCH3 is 1. The third kappa shape index (κ3) is 5.81. The van der Waals surface area contributed by atoms with Crippen LogP contribution in [0, 0.1) is 0 Å². The number of halogens is 1. The Kier molecular flexibility index (Phi) is 6.81. The van der Waals surface area contributed by atoms with Crippen LogP contribution < -0.4 is 4.74 Å². The Balaban J connectivity index is 1.77. The lowest BCUT2D eigenvalue weighted by Gasteiger charge is -2.17. The number of nitrogens with zero attached hydrogens (tertiary/aromatic N) is 1. The first kappa shape index (κ1) is 17.7. The molecule has 0 N–H and O–H groups in total. The van der Waals surface area contributed by atoms with Crippen LogP contribution in [0.3, 0.4) is 0 Å². The average molecular weight is 350 g/mol. The van der Waals surface area contributed by atoms with E-state index in [1.807, 2.05) is 55.6 Å². The van der Waals surface area contributed by atoms with Gasteiger partial charge in [-0.2, -0.15) is 0 Å². The third-order valence-corrected chi connectivity index (χ3v) is 4.63. The summed E-state index contributed by atoms with van der Waals surface area (Å²) in [5, 5.41) is 0.693. The summed E-state index contributed by atoms with van der Waals surface area (Å²) < 4.78 is 5.13.